The minimum Gasteiger partial charge on any atom is -1.00 e. The van der Waals surface area contributed by atoms with E-state index in [1.807, 2.05) is 0 Å². The summed E-state index contributed by atoms with van der Waals surface area (Å²) in [5.74, 6) is -10.1. The minimum absolute atomic E-state index is 0. The van der Waals surface area contributed by atoms with Crippen LogP contribution in [0.15, 0.2) is 133 Å². The van der Waals surface area contributed by atoms with E-state index in [2.05, 4.69) is 61.2 Å². The van der Waals surface area contributed by atoms with E-state index < -0.39 is 202 Å². The maximum absolute atomic E-state index is 13.6. The minimum atomic E-state index is -4.62. The summed E-state index contributed by atoms with van der Waals surface area (Å²) in [7, 11) is -1.00. The molecule has 3 heterocycles. The van der Waals surface area contributed by atoms with Crippen molar-refractivity contribution in [1.29, 1.82) is 0 Å². The SMILES string of the molecule is C=CCBr.C=CCOc1cc(C(F)(F)F)ccc1F.C=CCc1c(C(F)(F)F)ccc(F)c1O.CC(=O)OCC1Cc2c(C(F)(F)F)ccc(F)c2O1.CC(=O)OCC1Oc2c(F)ccc(C(F)(F)F)c2C1Br.CC(C)(C)O.CC(C)(C)[O-].ClC(Cl)(Cl)Cl.O=CO[O-].OCc1cc2c(C(F)(F)F)ccc(F)c2o1.Oc1cc(C(F)(F)F)ccc1F.[2H]CF.[H-].[K+].[K+].[K+]. The number of hydrogen-bond acceptors (Lipinski definition) is 16. The maximum Gasteiger partial charge on any atom is 1.00 e. The number of benzene rings is 6. The summed E-state index contributed by atoms with van der Waals surface area (Å²) in [6, 6.07) is 9.78. The molecule has 9 rings (SSSR count). The molecule has 0 fully saturated rings. The molecule has 2 aliphatic heterocycles. The van der Waals surface area contributed by atoms with Crippen molar-refractivity contribution in [2.75, 3.05) is 32.3 Å². The van der Waals surface area contributed by atoms with Crippen molar-refractivity contribution in [2.45, 2.75) is 143 Å². The first-order chi connectivity index (χ1) is 55.9. The fraction of sp³-hybridized carbons (Fsp3) is 0.373. The van der Waals surface area contributed by atoms with Crippen LogP contribution in [0.2, 0.25) is 0 Å². The van der Waals surface area contributed by atoms with Gasteiger partial charge in [-0.2, -0.15) is 79.0 Å². The zero-order valence-corrected chi connectivity index (χ0v) is 82.4. The van der Waals surface area contributed by atoms with Crippen LogP contribution >= 0.6 is 78.3 Å². The number of furan rings is 1. The predicted molar refractivity (Wildman–Crippen MR) is 402 cm³/mol. The van der Waals surface area contributed by atoms with Crippen molar-refractivity contribution in [2.24, 2.45) is 0 Å². The van der Waals surface area contributed by atoms with E-state index in [-0.39, 0.29) is 217 Å². The summed E-state index contributed by atoms with van der Waals surface area (Å²) in [5.41, 5.74) is -8.69. The van der Waals surface area contributed by atoms with Crippen LogP contribution in [-0.4, -0.2) is 97.8 Å². The molecule has 0 radical (unpaired) electrons. The zero-order valence-electron chi connectivity index (χ0n) is 68.9. The molecule has 690 valence electrons. The van der Waals surface area contributed by atoms with Gasteiger partial charge in [0.25, 0.3) is 9.72 Å². The van der Waals surface area contributed by atoms with Gasteiger partial charge >= 0.3 is 203 Å². The molecule has 6 aromatic carbocycles. The molecule has 0 bridgehead atoms. The van der Waals surface area contributed by atoms with Crippen LogP contribution in [0.3, 0.4) is 0 Å². The predicted octanol–water partition coefficient (Wildman–Crippen LogP) is 13.8. The second kappa shape index (κ2) is 61.4. The van der Waals surface area contributed by atoms with E-state index in [9.17, 15) is 124 Å². The van der Waals surface area contributed by atoms with Gasteiger partial charge in [-0.1, -0.05) is 124 Å². The normalized spacial score (nSPS) is 13.5. The Morgan fingerprint density at radius 3 is 1.38 bits per heavy atom. The van der Waals surface area contributed by atoms with Crippen molar-refractivity contribution in [3.63, 3.8) is 0 Å². The van der Waals surface area contributed by atoms with Crippen LogP contribution in [0.25, 0.3) is 11.0 Å². The molecule has 7 aromatic rings. The summed E-state index contributed by atoms with van der Waals surface area (Å²) in [4.78, 5) is 31.7. The third-order valence-electron chi connectivity index (χ3n) is 12.6. The van der Waals surface area contributed by atoms with E-state index >= 15 is 0 Å². The van der Waals surface area contributed by atoms with Gasteiger partial charge in [-0.25, -0.2) is 26.3 Å². The summed E-state index contributed by atoms with van der Waals surface area (Å²) in [5, 5.41) is 54.0. The number of rotatable bonds is 12. The van der Waals surface area contributed by atoms with E-state index in [0.717, 1.165) is 30.5 Å². The molecule has 0 aliphatic carbocycles. The fourth-order valence-corrected chi connectivity index (χ4v) is 8.90. The Bertz CT molecular complexity index is 4410. The van der Waals surface area contributed by atoms with Gasteiger partial charge in [0.1, 0.15) is 44.4 Å². The third kappa shape index (κ3) is 55.0. The summed E-state index contributed by atoms with van der Waals surface area (Å²) in [6.07, 6.45) is -25.2. The molecule has 0 saturated carbocycles. The first-order valence-electron chi connectivity index (χ1n) is 33.3. The Morgan fingerprint density at radius 2 is 0.984 bits per heavy atom. The van der Waals surface area contributed by atoms with E-state index in [0.29, 0.717) is 72.8 Å². The smallest absolute Gasteiger partial charge is 1.00 e. The number of alkyl halides is 25. The Labute approximate surface area is 865 Å². The second-order valence-electron chi connectivity index (χ2n) is 24.7. The quantitative estimate of drug-likeness (QED) is 0.0130. The number of hydrogen-bond donors (Lipinski definition) is 4. The first-order valence-corrected chi connectivity index (χ1v) is 36.2. The average Bonchev–Trinajstić information content (AvgIpc) is 1.64. The van der Waals surface area contributed by atoms with Gasteiger partial charge in [-0.3, -0.25) is 18.8 Å². The third-order valence-corrected chi connectivity index (χ3v) is 14.1. The number of allylic oxidation sites excluding steroid dienone is 2. The second-order valence-corrected chi connectivity index (χ2v) is 29.8. The summed E-state index contributed by atoms with van der Waals surface area (Å²) in [6.45, 7) is 21.2. The van der Waals surface area contributed by atoms with Crippen LogP contribution in [-0.2, 0) is 85.3 Å². The number of phenols is 2. The Morgan fingerprint density at radius 1 is 0.600 bits per heavy atom. The zero-order chi connectivity index (χ0) is 96.7. The van der Waals surface area contributed by atoms with Crippen LogP contribution in [0.5, 0.6) is 28.7 Å². The molecule has 3 atom stereocenters. The molecule has 0 spiro atoms. The van der Waals surface area contributed by atoms with Crippen molar-refractivity contribution >= 4 is 108 Å². The van der Waals surface area contributed by atoms with E-state index in [1.54, 1.807) is 47.6 Å². The van der Waals surface area contributed by atoms with Gasteiger partial charge in [-0.05, 0) is 118 Å². The van der Waals surface area contributed by atoms with E-state index in [4.69, 9.17) is 102 Å². The van der Waals surface area contributed by atoms with Crippen molar-refractivity contribution in [3.05, 3.63) is 220 Å². The van der Waals surface area contributed by atoms with Crippen LogP contribution in [0.1, 0.15) is 119 Å². The molecule has 125 heavy (non-hydrogen) atoms. The molecular weight excluding hydrogens is 2050 g/mol. The number of ether oxygens (including phenoxy) is 5. The molecule has 2 aliphatic rings. The maximum atomic E-state index is 13.6. The molecular formula is C75H74Br2Cl4F25K3O16. The van der Waals surface area contributed by atoms with Gasteiger partial charge in [0, 0.05) is 47.7 Å². The molecule has 1 aromatic heterocycles. The van der Waals surface area contributed by atoms with Gasteiger partial charge in [0.05, 0.1) is 52.3 Å². The van der Waals surface area contributed by atoms with Crippen molar-refractivity contribution < 1.29 is 345 Å². The molecule has 0 saturated heterocycles. The monoisotopic (exact) mass is 2120 g/mol. The van der Waals surface area contributed by atoms with Crippen LogP contribution < -0.4 is 179 Å². The van der Waals surface area contributed by atoms with Gasteiger partial charge in [0.2, 0.25) is 0 Å². The number of phenolic OH excluding ortho intramolecular Hbond substituents is 2. The van der Waals surface area contributed by atoms with Crippen LogP contribution in [0, 0.1) is 34.9 Å². The van der Waals surface area contributed by atoms with Crippen molar-refractivity contribution in [1.82, 2.24) is 0 Å². The fourth-order valence-electron chi connectivity index (χ4n) is 8.18. The molecule has 50 heteroatoms. The number of aliphatic hydroxyl groups excluding tert-OH is 1. The Balaban J connectivity index is -0.000000257. The molecule has 0 amide bonds. The van der Waals surface area contributed by atoms with Gasteiger partial charge in [0.15, 0.2) is 69.2 Å². The van der Waals surface area contributed by atoms with E-state index in [1.165, 1.54) is 19.1 Å². The largest absolute Gasteiger partial charge is 1.00 e. The number of fused-ring (bicyclic) bond motifs is 3. The topological polar surface area (TPSA) is 247 Å². The molecule has 16 nitrogen and oxygen atoms in total. The molecule has 4 N–H and O–H groups in total. The first kappa shape index (κ1) is 130. The number of carbonyl (C=O) groups is 3. The molecule has 3 unspecified atom stereocenters. The Kier molecular flexibility index (Phi) is 63.9. The number of halogens is 31. The number of aliphatic hydroxyl groups is 2. The van der Waals surface area contributed by atoms with Gasteiger partial charge in [-0.15, -0.1) is 18.8 Å². The number of esters is 2. The number of aromatic hydroxyl groups is 2. The van der Waals surface area contributed by atoms with Crippen LogP contribution in [0.4, 0.5) is 110 Å². The standard InChI is InChI=1S/C12H9BrF4O3.C12H10F4O3.C10H6F4O2.2C10H8F4O.C7H4F4O.C4H10O.C4H9O.C3H5Br.CCl4.CH3F.CH2O3.3K.H/c1-5(18)19-4-8-10(13)9-6(12(15,16)17)2-3-7(14)11(9)20-8;1-6(17)18-5-7-4-8-9(12(14,15)16)2-3-10(13)11(8)19-7;11-8-2-1-7(10(12,13)14)6-3-5(4-15)16-9(6)8;1-2-5-15-9-6-7(10(12,13)14)3-4-8(9)11;1-2-3-6-7(10(12,13)14)4-5-8(11)9(6)15;8-5-2-1-4(3-6(5)12)7(9,10)11;2*1-4(2,3)5;1-2-3-4;2-1(3,4)5;1-2;2-1-4-3;;;;/h2-3,8,10H,4H2,1H3;2-3,7H,4-5H2,1H3;1-3,15H,4H2;2-4,6H,1,5H2;2,4-5,15H,1,3H2;1-3,12H;5H,1-3H3;1-3H3;2H,1,3H2;;1H3;1,3H;;;;/q;;;;;;;-1;;;;;3*+1;-1/p-1/i;;;;;;;;;;1D;;;;;. The summed E-state index contributed by atoms with van der Waals surface area (Å²) >= 11 is 25.5. The number of carbonyl (C=O) groups excluding carboxylic acids is 3. The van der Waals surface area contributed by atoms with Crippen molar-refractivity contribution in [3.8, 4) is 28.7 Å². The summed E-state index contributed by atoms with van der Waals surface area (Å²) < 4.78 is 345. The average molecular weight is 2130 g/mol. The Hall–Kier alpha value is -3.39. The van der Waals surface area contributed by atoms with Gasteiger partial charge < -0.3 is 65.2 Å².